The third kappa shape index (κ3) is 4.17. The van der Waals surface area contributed by atoms with Crippen LogP contribution in [0.4, 0.5) is 5.82 Å². The first-order chi connectivity index (χ1) is 14.4. The number of benzene rings is 2. The van der Waals surface area contributed by atoms with E-state index in [1.54, 1.807) is 6.07 Å². The third-order valence-corrected chi connectivity index (χ3v) is 5.65. The standard InChI is InChI=1S/C22H24ClN5O2/c1-13-9-14(23)10-18(29)20(13)21-16-6-2-3-7-17(16)22(27-26-21)25-15-5-4-8-28(11-15)12-19(24)30/h2-3,6-7,9-10,15,29H,4-5,8,11-12H2,1H3,(H2,24,30)(H,25,27). The molecule has 1 fully saturated rings. The van der Waals surface area contributed by atoms with E-state index in [4.69, 9.17) is 17.3 Å². The molecule has 1 aromatic heterocycles. The number of rotatable bonds is 5. The molecule has 2 heterocycles. The Hall–Kier alpha value is -2.90. The van der Waals surface area contributed by atoms with E-state index in [0.717, 1.165) is 42.3 Å². The van der Waals surface area contributed by atoms with Gasteiger partial charge in [-0.3, -0.25) is 9.69 Å². The van der Waals surface area contributed by atoms with Crippen molar-refractivity contribution in [2.45, 2.75) is 25.8 Å². The van der Waals surface area contributed by atoms with Gasteiger partial charge in [-0.25, -0.2) is 0 Å². The van der Waals surface area contributed by atoms with Crippen LogP contribution < -0.4 is 11.1 Å². The van der Waals surface area contributed by atoms with Crippen molar-refractivity contribution in [2.75, 3.05) is 25.0 Å². The average molecular weight is 426 g/mol. The van der Waals surface area contributed by atoms with Gasteiger partial charge in [0, 0.05) is 33.9 Å². The van der Waals surface area contributed by atoms with Gasteiger partial charge in [-0.15, -0.1) is 10.2 Å². The summed E-state index contributed by atoms with van der Waals surface area (Å²) >= 11 is 6.07. The molecule has 30 heavy (non-hydrogen) atoms. The van der Waals surface area contributed by atoms with E-state index >= 15 is 0 Å². The van der Waals surface area contributed by atoms with E-state index in [-0.39, 0.29) is 24.2 Å². The number of carbonyl (C=O) groups excluding carboxylic acids is 1. The summed E-state index contributed by atoms with van der Waals surface area (Å²) in [5.74, 6) is 0.448. The van der Waals surface area contributed by atoms with Gasteiger partial charge in [0.1, 0.15) is 11.4 Å². The minimum atomic E-state index is -0.316. The number of phenolic OH excluding ortho intramolecular Hbond substituents is 1. The van der Waals surface area contributed by atoms with Gasteiger partial charge >= 0.3 is 0 Å². The van der Waals surface area contributed by atoms with Crippen LogP contribution in [0.25, 0.3) is 22.0 Å². The number of phenols is 1. The molecule has 0 aliphatic carbocycles. The Morgan fingerprint density at radius 2 is 2.07 bits per heavy atom. The first-order valence-electron chi connectivity index (χ1n) is 9.94. The number of halogens is 1. The molecule has 0 bridgehead atoms. The Kier molecular flexibility index (Phi) is 5.74. The van der Waals surface area contributed by atoms with Gasteiger partial charge in [-0.05, 0) is 44.0 Å². The number of primary amides is 1. The maximum absolute atomic E-state index is 11.3. The lowest BCUT2D eigenvalue weighted by molar-refractivity contribution is -0.119. The van der Waals surface area contributed by atoms with Crippen LogP contribution >= 0.6 is 11.6 Å². The largest absolute Gasteiger partial charge is 0.507 e. The highest BCUT2D eigenvalue weighted by Crippen LogP contribution is 2.38. The zero-order chi connectivity index (χ0) is 21.3. The number of nitrogens with one attached hydrogen (secondary N) is 1. The fourth-order valence-electron chi connectivity index (χ4n) is 4.16. The fourth-order valence-corrected chi connectivity index (χ4v) is 4.43. The van der Waals surface area contributed by atoms with E-state index < -0.39 is 0 Å². The normalized spacial score (nSPS) is 17.2. The highest BCUT2D eigenvalue weighted by atomic mass is 35.5. The van der Waals surface area contributed by atoms with E-state index in [9.17, 15) is 9.90 Å². The lowest BCUT2D eigenvalue weighted by atomic mass is 9.99. The molecule has 4 rings (SSSR count). The van der Waals surface area contributed by atoms with Crippen LogP contribution in [0.3, 0.4) is 0 Å². The minimum Gasteiger partial charge on any atom is -0.507 e. The Morgan fingerprint density at radius 3 is 2.80 bits per heavy atom. The second kappa shape index (κ2) is 8.45. The molecule has 3 aromatic rings. The van der Waals surface area contributed by atoms with Crippen molar-refractivity contribution in [1.82, 2.24) is 15.1 Å². The number of hydrogen-bond donors (Lipinski definition) is 3. The highest BCUT2D eigenvalue weighted by Gasteiger charge is 2.23. The van der Waals surface area contributed by atoms with Gasteiger partial charge in [0.2, 0.25) is 5.91 Å². The molecule has 1 aliphatic rings. The van der Waals surface area contributed by atoms with Crippen LogP contribution in [0.2, 0.25) is 5.02 Å². The van der Waals surface area contributed by atoms with E-state index in [2.05, 4.69) is 20.4 Å². The second-order valence-electron chi connectivity index (χ2n) is 7.74. The van der Waals surface area contributed by atoms with Crippen molar-refractivity contribution < 1.29 is 9.90 Å². The minimum absolute atomic E-state index is 0.0783. The summed E-state index contributed by atoms with van der Waals surface area (Å²) in [6.07, 6.45) is 1.95. The highest BCUT2D eigenvalue weighted by molar-refractivity contribution is 6.31. The predicted molar refractivity (Wildman–Crippen MR) is 119 cm³/mol. The van der Waals surface area contributed by atoms with Crippen LogP contribution in [-0.4, -0.2) is 51.8 Å². The number of piperidine rings is 1. The third-order valence-electron chi connectivity index (χ3n) is 5.43. The molecular weight excluding hydrogens is 402 g/mol. The van der Waals surface area contributed by atoms with Crippen molar-refractivity contribution in [3.63, 3.8) is 0 Å². The van der Waals surface area contributed by atoms with Gasteiger partial charge in [-0.2, -0.15) is 0 Å². The van der Waals surface area contributed by atoms with Crippen molar-refractivity contribution in [2.24, 2.45) is 5.73 Å². The summed E-state index contributed by atoms with van der Waals surface area (Å²) in [6.45, 7) is 3.73. The average Bonchev–Trinajstić information content (AvgIpc) is 2.68. The number of amides is 1. The van der Waals surface area contributed by atoms with Crippen LogP contribution in [0.15, 0.2) is 36.4 Å². The molecule has 0 saturated carbocycles. The molecule has 0 radical (unpaired) electrons. The lowest BCUT2D eigenvalue weighted by Gasteiger charge is -2.32. The Balaban J connectivity index is 1.69. The summed E-state index contributed by atoms with van der Waals surface area (Å²) in [7, 11) is 0. The van der Waals surface area contributed by atoms with Gasteiger partial charge < -0.3 is 16.2 Å². The quantitative estimate of drug-likeness (QED) is 0.579. The van der Waals surface area contributed by atoms with Crippen molar-refractivity contribution >= 4 is 34.1 Å². The molecule has 1 unspecified atom stereocenters. The Bertz CT molecular complexity index is 1080. The molecule has 1 atom stereocenters. The lowest BCUT2D eigenvalue weighted by Crippen LogP contribution is -2.45. The number of fused-ring (bicyclic) bond motifs is 1. The van der Waals surface area contributed by atoms with E-state index in [1.165, 1.54) is 6.07 Å². The van der Waals surface area contributed by atoms with Crippen LogP contribution in [0.1, 0.15) is 18.4 Å². The number of anilines is 1. The molecule has 4 N–H and O–H groups in total. The van der Waals surface area contributed by atoms with Crippen LogP contribution in [0.5, 0.6) is 5.75 Å². The number of nitrogens with zero attached hydrogens (tertiary/aromatic N) is 3. The number of carbonyl (C=O) groups is 1. The molecule has 1 saturated heterocycles. The maximum atomic E-state index is 11.3. The van der Waals surface area contributed by atoms with Crippen LogP contribution in [-0.2, 0) is 4.79 Å². The maximum Gasteiger partial charge on any atom is 0.231 e. The Morgan fingerprint density at radius 1 is 1.30 bits per heavy atom. The molecule has 2 aromatic carbocycles. The predicted octanol–water partition coefficient (Wildman–Crippen LogP) is 3.33. The monoisotopic (exact) mass is 425 g/mol. The SMILES string of the molecule is Cc1cc(Cl)cc(O)c1-c1nnc(NC2CCCN(CC(N)=O)C2)c2ccccc12. The topological polar surface area (TPSA) is 104 Å². The summed E-state index contributed by atoms with van der Waals surface area (Å²) in [5.41, 5.74) is 7.42. The molecule has 0 spiro atoms. The number of hydrogen-bond acceptors (Lipinski definition) is 6. The first-order valence-corrected chi connectivity index (χ1v) is 10.3. The van der Waals surface area contributed by atoms with Crippen molar-refractivity contribution in [3.8, 4) is 17.0 Å². The number of nitrogens with two attached hydrogens (primary N) is 1. The zero-order valence-corrected chi connectivity index (χ0v) is 17.5. The Labute approximate surface area is 179 Å². The van der Waals surface area contributed by atoms with Crippen molar-refractivity contribution in [3.05, 3.63) is 47.0 Å². The molecular formula is C22H24ClN5O2. The number of likely N-dealkylation sites (tertiary alicyclic amines) is 1. The summed E-state index contributed by atoms with van der Waals surface area (Å²) in [4.78, 5) is 13.3. The smallest absolute Gasteiger partial charge is 0.231 e. The molecule has 1 aliphatic heterocycles. The second-order valence-corrected chi connectivity index (χ2v) is 8.18. The summed E-state index contributed by atoms with van der Waals surface area (Å²) in [6, 6.07) is 11.3. The zero-order valence-electron chi connectivity index (χ0n) is 16.7. The fraction of sp³-hybridized carbons (Fsp3) is 0.318. The number of aromatic hydroxyl groups is 1. The molecule has 8 heteroatoms. The van der Waals surface area contributed by atoms with Crippen molar-refractivity contribution in [1.29, 1.82) is 0 Å². The van der Waals surface area contributed by atoms with Crippen LogP contribution in [0, 0.1) is 6.92 Å². The summed E-state index contributed by atoms with van der Waals surface area (Å²) in [5, 5.41) is 25.2. The van der Waals surface area contributed by atoms with E-state index in [0.29, 0.717) is 22.1 Å². The molecule has 156 valence electrons. The van der Waals surface area contributed by atoms with Gasteiger partial charge in [0.25, 0.3) is 0 Å². The van der Waals surface area contributed by atoms with Gasteiger partial charge in [-0.1, -0.05) is 35.9 Å². The number of aryl methyl sites for hydroxylation is 1. The number of aromatic nitrogens is 2. The van der Waals surface area contributed by atoms with Gasteiger partial charge in [0.05, 0.1) is 6.54 Å². The first kappa shape index (κ1) is 20.4. The molecule has 1 amide bonds. The van der Waals surface area contributed by atoms with E-state index in [1.807, 2.05) is 31.2 Å². The molecule has 7 nitrogen and oxygen atoms in total. The van der Waals surface area contributed by atoms with Gasteiger partial charge in [0.15, 0.2) is 5.82 Å². The summed E-state index contributed by atoms with van der Waals surface area (Å²) < 4.78 is 0.